The van der Waals surface area contributed by atoms with Crippen molar-refractivity contribution < 1.29 is 0 Å². The maximum absolute atomic E-state index is 9.09. The molecule has 502 valence electrons. The molecule has 31 nitrogen and oxygen atoms in total. The van der Waals surface area contributed by atoms with Gasteiger partial charge in [0.05, 0.1) is 101 Å². The van der Waals surface area contributed by atoms with Crippen molar-refractivity contribution in [2.75, 3.05) is 45.9 Å². The fraction of sp³-hybridized carbons (Fsp3) is 0.0694. The number of nitrogens with two attached hydrogens (primary N) is 8. The minimum absolute atomic E-state index is 0.121. The number of benzene rings is 4. The summed E-state index contributed by atoms with van der Waals surface area (Å²) in [5.41, 5.74) is 63.5. The van der Waals surface area contributed by atoms with Crippen molar-refractivity contribution >= 4 is 90.7 Å². The van der Waals surface area contributed by atoms with Gasteiger partial charge in [-0.2, -0.15) is 56.1 Å². The molecule has 0 aliphatic rings. The zero-order chi connectivity index (χ0) is 71.7. The van der Waals surface area contributed by atoms with Gasteiger partial charge in [-0.05, 0) is 126 Å². The Labute approximate surface area is 585 Å². The third kappa shape index (κ3) is 15.1. The molecule has 0 atom stereocenters. The summed E-state index contributed by atoms with van der Waals surface area (Å²) in [6.07, 6.45) is 13.3. The molecule has 12 aromatic heterocycles. The van der Waals surface area contributed by atoms with Crippen molar-refractivity contribution in [2.24, 2.45) is 0 Å². The number of aryl methyl sites for hydroxylation is 1. The van der Waals surface area contributed by atoms with Gasteiger partial charge >= 0.3 is 0 Å². The van der Waals surface area contributed by atoms with Crippen molar-refractivity contribution in [1.29, 1.82) is 15.8 Å². The minimum atomic E-state index is 0.121. The molecule has 0 saturated heterocycles. The molecule has 0 radical (unpaired) electrons. The lowest BCUT2D eigenvalue weighted by atomic mass is 10.1. The summed E-state index contributed by atoms with van der Waals surface area (Å²) in [6.45, 7) is 4.15. The van der Waals surface area contributed by atoms with E-state index in [1.807, 2.05) is 128 Å². The average molecular weight is 1360 g/mol. The Morgan fingerprint density at radius 1 is 0.340 bits per heavy atom. The van der Waals surface area contributed by atoms with Crippen LogP contribution in [0.25, 0.3) is 89.4 Å². The number of fused-ring (bicyclic) bond motifs is 4. The summed E-state index contributed by atoms with van der Waals surface area (Å²) in [4.78, 5) is 51.5. The minimum Gasteiger partial charge on any atom is -0.399 e. The van der Waals surface area contributed by atoms with E-state index in [1.165, 1.54) is 6.20 Å². The van der Waals surface area contributed by atoms with Gasteiger partial charge in [0.25, 0.3) is 0 Å². The summed E-state index contributed by atoms with van der Waals surface area (Å²) < 4.78 is 7.06. The van der Waals surface area contributed by atoms with E-state index in [-0.39, 0.29) is 23.8 Å². The Hall–Kier alpha value is -15.5. The molecule has 0 saturated carbocycles. The second-order valence-corrected chi connectivity index (χ2v) is 23.2. The highest BCUT2D eigenvalue weighted by Crippen LogP contribution is 2.32. The van der Waals surface area contributed by atoms with Crippen LogP contribution in [0.4, 0.5) is 46.5 Å². The summed E-state index contributed by atoms with van der Waals surface area (Å²) in [5.74, 6) is 0.594. The molecule has 12 heterocycles. The Balaban J connectivity index is 0.000000122. The molecule has 0 bridgehead atoms. The van der Waals surface area contributed by atoms with Crippen LogP contribution in [0.3, 0.4) is 0 Å². The molecule has 0 fully saturated rings. The quantitative estimate of drug-likeness (QED) is 0.0533. The van der Waals surface area contributed by atoms with Crippen LogP contribution in [0.5, 0.6) is 0 Å². The first-order valence-corrected chi connectivity index (χ1v) is 31.4. The number of pyridine rings is 4. The van der Waals surface area contributed by atoms with Gasteiger partial charge in [-0.25, -0.2) is 48.6 Å². The molecule has 103 heavy (non-hydrogen) atoms. The summed E-state index contributed by atoms with van der Waals surface area (Å²) in [5, 5.41) is 48.0. The van der Waals surface area contributed by atoms with Gasteiger partial charge in [-0.1, -0.05) is 54.6 Å². The Morgan fingerprint density at radius 2 is 0.728 bits per heavy atom. The van der Waals surface area contributed by atoms with Crippen molar-refractivity contribution in [2.45, 2.75) is 33.1 Å². The molecule has 16 N–H and O–H groups in total. The van der Waals surface area contributed by atoms with E-state index in [1.54, 1.807) is 98.5 Å². The highest BCUT2D eigenvalue weighted by molar-refractivity contribution is 5.93. The van der Waals surface area contributed by atoms with Gasteiger partial charge in [0.2, 0.25) is 23.8 Å². The second kappa shape index (κ2) is 29.1. The molecule has 0 spiro atoms. The van der Waals surface area contributed by atoms with Crippen LogP contribution in [0.2, 0.25) is 0 Å². The van der Waals surface area contributed by atoms with E-state index in [4.69, 9.17) is 61.7 Å². The molecule has 0 unspecified atom stereocenters. The fourth-order valence-corrected chi connectivity index (χ4v) is 10.9. The maximum Gasteiger partial charge on any atom is 0.222 e. The SMILES string of the molecule is Cc1ccnc(-c2nc(N)nc3c2cnn3Cc2ccc(N)cc2)c1.N#Cc1cc(-c2nc(N)nc3c2cnn3Cc2ccc(N)cc2)ccn1.N#Cc1cccc(-c2nc(N)nc3c2cnn3Cc2ccc(N)cc2)n1.N#Cc1cncc(-c2nc(N)nc3c2cnn3Cc2ccc(N)cc2)c1. The molecular formula is C72H59N31. The molecule has 16 aromatic rings. The topological polar surface area (TPSA) is 505 Å². The zero-order valence-electron chi connectivity index (χ0n) is 54.7. The van der Waals surface area contributed by atoms with Gasteiger partial charge in [-0.3, -0.25) is 9.97 Å². The van der Waals surface area contributed by atoms with E-state index in [0.717, 1.165) is 66.3 Å². The first-order valence-electron chi connectivity index (χ1n) is 31.4. The van der Waals surface area contributed by atoms with Gasteiger partial charge in [0, 0.05) is 58.7 Å². The predicted molar refractivity (Wildman–Crippen MR) is 391 cm³/mol. The van der Waals surface area contributed by atoms with E-state index in [2.05, 4.69) is 86.3 Å². The zero-order valence-corrected chi connectivity index (χ0v) is 54.7. The van der Waals surface area contributed by atoms with Crippen molar-refractivity contribution in [3.05, 3.63) is 240 Å². The molecule has 31 heteroatoms. The van der Waals surface area contributed by atoms with Gasteiger partial charge in [-0.15, -0.1) is 0 Å². The average Bonchev–Trinajstić information content (AvgIpc) is 1.65. The molecule has 0 aliphatic heterocycles. The highest BCUT2D eigenvalue weighted by Gasteiger charge is 2.20. The molecule has 4 aromatic carbocycles. The van der Waals surface area contributed by atoms with Gasteiger partial charge in [0.1, 0.15) is 41.0 Å². The molecule has 0 aliphatic carbocycles. The number of aromatic nitrogens is 20. The Morgan fingerprint density at radius 3 is 1.14 bits per heavy atom. The van der Waals surface area contributed by atoms with E-state index >= 15 is 0 Å². The van der Waals surface area contributed by atoms with Crippen LogP contribution < -0.4 is 45.9 Å². The normalized spacial score (nSPS) is 10.8. The lowest BCUT2D eigenvalue weighted by molar-refractivity contribution is 0.704. The first-order chi connectivity index (χ1) is 50.0. The van der Waals surface area contributed by atoms with Crippen LogP contribution >= 0.6 is 0 Å². The smallest absolute Gasteiger partial charge is 0.222 e. The summed E-state index contributed by atoms with van der Waals surface area (Å²) >= 11 is 0. The summed E-state index contributed by atoms with van der Waals surface area (Å²) in [7, 11) is 0. The number of nitriles is 3. The second-order valence-electron chi connectivity index (χ2n) is 23.2. The van der Waals surface area contributed by atoms with Crippen molar-refractivity contribution in [3.63, 3.8) is 0 Å². The van der Waals surface area contributed by atoms with Gasteiger partial charge < -0.3 is 45.9 Å². The van der Waals surface area contributed by atoms with Crippen LogP contribution in [0, 0.1) is 40.9 Å². The predicted octanol–water partition coefficient (Wildman–Crippen LogP) is 8.33. The standard InChI is InChI=1S/3C18H14N8.C18H17N7/c19-6-12-5-13(8-22-7-12)16-15-9-23-26(17(15)25-18(21)24-16)10-11-1-3-14(20)4-2-11;19-8-14-7-12(5-6-22-14)16-15-9-23-26(17(15)25-18(21)24-16)10-11-1-3-13(20)4-2-11;19-8-13-2-1-3-15(23-13)16-14-9-22-26(17(14)25-18(21)24-16)10-11-4-6-12(20)7-5-11;1-11-6-7-21-15(8-11)16-14-9-22-25(17(14)24-18(20)23-16)10-12-2-4-13(19)5-3-12/h1-5,7-9H,10,20H2,(H2,21,24,25);2*1-7,9H,10,20H2,(H2,21,24,25);2-9H,10,19H2,1H3,(H2,20,23,24). The summed E-state index contributed by atoms with van der Waals surface area (Å²) in [6, 6.07) is 50.7. The van der Waals surface area contributed by atoms with Crippen LogP contribution in [-0.4, -0.2) is 98.9 Å². The third-order valence-electron chi connectivity index (χ3n) is 15.9. The Bertz CT molecular complexity index is 5480. The third-order valence-corrected chi connectivity index (χ3v) is 15.9. The Kier molecular flexibility index (Phi) is 18.7. The number of nitrogen functional groups attached to an aromatic ring is 8. The van der Waals surface area contributed by atoms with Crippen molar-refractivity contribution in [3.8, 4) is 63.5 Å². The molecule has 16 rings (SSSR count). The fourth-order valence-electron chi connectivity index (χ4n) is 10.9. The largest absolute Gasteiger partial charge is 0.399 e. The number of hydrogen-bond acceptors (Lipinski definition) is 27. The molecule has 0 amide bonds. The lowest BCUT2D eigenvalue weighted by Gasteiger charge is -2.07. The number of rotatable bonds is 12. The van der Waals surface area contributed by atoms with Gasteiger partial charge in [0.15, 0.2) is 22.6 Å². The van der Waals surface area contributed by atoms with Crippen LogP contribution in [-0.2, 0) is 26.2 Å². The monoisotopic (exact) mass is 1360 g/mol. The first kappa shape index (κ1) is 66.2. The van der Waals surface area contributed by atoms with Crippen LogP contribution in [0.1, 0.15) is 44.8 Å². The highest BCUT2D eigenvalue weighted by atomic mass is 15.3. The number of anilines is 8. The number of hydrogen-bond donors (Lipinski definition) is 8. The lowest BCUT2D eigenvalue weighted by Crippen LogP contribution is -2.05. The van der Waals surface area contributed by atoms with E-state index < -0.39 is 0 Å². The maximum atomic E-state index is 9.09. The number of nitrogens with zero attached hydrogens (tertiary/aromatic N) is 23. The molecular weight excluding hydrogens is 1300 g/mol. The van der Waals surface area contributed by atoms with Crippen LogP contribution in [0.15, 0.2) is 195 Å². The van der Waals surface area contributed by atoms with Crippen molar-refractivity contribution in [1.82, 2.24) is 98.9 Å². The van der Waals surface area contributed by atoms with E-state index in [9.17, 15) is 0 Å². The van der Waals surface area contributed by atoms with E-state index in [0.29, 0.717) is 117 Å².